The fraction of sp³-hybridized carbons (Fsp3) is 0.286. The number of carbonyl (C=O) groups excluding carboxylic acids is 3. The Morgan fingerprint density at radius 3 is 2.23 bits per heavy atom. The molecular weight excluding hydrogens is 328 g/mol. The second-order valence-electron chi connectivity index (χ2n) is 6.94. The summed E-state index contributed by atoms with van der Waals surface area (Å²) in [7, 11) is 0. The number of imide groups is 1. The lowest BCUT2D eigenvalue weighted by Crippen LogP contribution is -2.51. The molecule has 4 rings (SSSR count). The maximum absolute atomic E-state index is 13.2. The number of benzene rings is 2. The Morgan fingerprint density at radius 2 is 1.58 bits per heavy atom. The Bertz CT molecular complexity index is 886. The molecule has 2 aliphatic rings. The van der Waals surface area contributed by atoms with Crippen LogP contribution in [0.4, 0.5) is 5.69 Å². The van der Waals surface area contributed by atoms with E-state index in [0.717, 1.165) is 22.6 Å². The van der Waals surface area contributed by atoms with E-state index in [1.54, 1.807) is 36.1 Å². The summed E-state index contributed by atoms with van der Waals surface area (Å²) in [5, 5.41) is 0. The quantitative estimate of drug-likeness (QED) is 0.783. The zero-order valence-electron chi connectivity index (χ0n) is 14.8. The molecule has 0 aromatic heterocycles. The molecule has 0 aliphatic carbocycles. The van der Waals surface area contributed by atoms with Crippen LogP contribution < -0.4 is 4.90 Å². The Labute approximate surface area is 152 Å². The molecule has 132 valence electrons. The number of hydrogen-bond acceptors (Lipinski definition) is 3. The molecule has 2 aromatic carbocycles. The largest absolute Gasteiger partial charge is 0.310 e. The average Bonchev–Trinajstić information content (AvgIpc) is 2.92. The van der Waals surface area contributed by atoms with Crippen molar-refractivity contribution in [1.29, 1.82) is 0 Å². The van der Waals surface area contributed by atoms with Crippen LogP contribution in [0.5, 0.6) is 0 Å². The molecule has 26 heavy (non-hydrogen) atoms. The number of hydrogen-bond donors (Lipinski definition) is 0. The molecule has 2 heterocycles. The Kier molecular flexibility index (Phi) is 3.87. The van der Waals surface area contributed by atoms with Crippen LogP contribution in [0.25, 0.3) is 0 Å². The summed E-state index contributed by atoms with van der Waals surface area (Å²) >= 11 is 0. The van der Waals surface area contributed by atoms with Gasteiger partial charge in [0.05, 0.1) is 11.1 Å². The van der Waals surface area contributed by atoms with Gasteiger partial charge in [0, 0.05) is 12.2 Å². The van der Waals surface area contributed by atoms with E-state index < -0.39 is 17.9 Å². The van der Waals surface area contributed by atoms with Crippen LogP contribution >= 0.6 is 0 Å². The van der Waals surface area contributed by atoms with Crippen LogP contribution in [0.1, 0.15) is 52.5 Å². The Morgan fingerprint density at radius 1 is 1.00 bits per heavy atom. The standard InChI is InChI=1S/C21H20N2O3/c1-13-11-12-22(18-10-6-5-7-15(13)18)19(24)14(2)23-20(25)16-8-3-4-9-17(16)21(23)26/h3-10,13-14H,11-12H2,1-2H3. The molecule has 5 nitrogen and oxygen atoms in total. The zero-order chi connectivity index (χ0) is 18.4. The van der Waals surface area contributed by atoms with Gasteiger partial charge in [0.2, 0.25) is 5.91 Å². The van der Waals surface area contributed by atoms with E-state index >= 15 is 0 Å². The maximum atomic E-state index is 13.2. The van der Waals surface area contributed by atoms with E-state index in [9.17, 15) is 14.4 Å². The SMILES string of the molecule is CC1CCN(C(=O)C(C)N2C(=O)c3ccccc3C2=O)c2ccccc21. The van der Waals surface area contributed by atoms with Crippen LogP contribution in [0.3, 0.4) is 0 Å². The van der Waals surface area contributed by atoms with E-state index in [2.05, 4.69) is 6.92 Å². The average molecular weight is 348 g/mol. The second kappa shape index (κ2) is 6.09. The van der Waals surface area contributed by atoms with Crippen molar-refractivity contribution < 1.29 is 14.4 Å². The van der Waals surface area contributed by atoms with Crippen molar-refractivity contribution in [3.8, 4) is 0 Å². The number of amides is 3. The number of nitrogens with zero attached hydrogens (tertiary/aromatic N) is 2. The maximum Gasteiger partial charge on any atom is 0.262 e. The third-order valence-electron chi connectivity index (χ3n) is 5.38. The van der Waals surface area contributed by atoms with Crippen molar-refractivity contribution in [2.45, 2.75) is 32.2 Å². The first-order valence-corrected chi connectivity index (χ1v) is 8.88. The van der Waals surface area contributed by atoms with Gasteiger partial charge < -0.3 is 4.90 Å². The zero-order valence-corrected chi connectivity index (χ0v) is 14.8. The monoisotopic (exact) mass is 348 g/mol. The number of anilines is 1. The summed E-state index contributed by atoms with van der Waals surface area (Å²) in [6, 6.07) is 13.7. The molecule has 2 aromatic rings. The smallest absolute Gasteiger partial charge is 0.262 e. The molecular formula is C21H20N2O3. The van der Waals surface area contributed by atoms with E-state index in [1.807, 2.05) is 24.3 Å². The van der Waals surface area contributed by atoms with Crippen LogP contribution in [0, 0.1) is 0 Å². The molecule has 0 fully saturated rings. The predicted molar refractivity (Wildman–Crippen MR) is 98.2 cm³/mol. The molecule has 2 atom stereocenters. The number of rotatable bonds is 2. The highest BCUT2D eigenvalue weighted by Gasteiger charge is 2.42. The highest BCUT2D eigenvalue weighted by atomic mass is 16.2. The Hall–Kier alpha value is -2.95. The molecule has 0 saturated carbocycles. The first-order valence-electron chi connectivity index (χ1n) is 8.88. The van der Waals surface area contributed by atoms with Crippen molar-refractivity contribution in [3.05, 3.63) is 65.2 Å². The van der Waals surface area contributed by atoms with Crippen molar-refractivity contribution >= 4 is 23.4 Å². The van der Waals surface area contributed by atoms with Gasteiger partial charge in [-0.1, -0.05) is 37.3 Å². The molecule has 0 bridgehead atoms. The van der Waals surface area contributed by atoms with Gasteiger partial charge in [-0.15, -0.1) is 0 Å². The van der Waals surface area contributed by atoms with E-state index in [1.165, 1.54) is 0 Å². The molecule has 0 radical (unpaired) electrons. The number of fused-ring (bicyclic) bond motifs is 2. The molecule has 5 heteroatoms. The van der Waals surface area contributed by atoms with Gasteiger partial charge in [-0.05, 0) is 43.0 Å². The minimum atomic E-state index is -0.844. The van der Waals surface area contributed by atoms with E-state index in [4.69, 9.17) is 0 Å². The molecule has 3 amide bonds. The van der Waals surface area contributed by atoms with Crippen molar-refractivity contribution in [2.24, 2.45) is 0 Å². The third kappa shape index (κ3) is 2.35. The van der Waals surface area contributed by atoms with Crippen molar-refractivity contribution in [1.82, 2.24) is 4.90 Å². The Balaban J connectivity index is 1.65. The van der Waals surface area contributed by atoms with Gasteiger partial charge in [0.1, 0.15) is 6.04 Å². The summed E-state index contributed by atoms with van der Waals surface area (Å²) in [6.45, 7) is 4.36. The molecule has 0 N–H and O–H groups in total. The van der Waals surface area contributed by atoms with Crippen LogP contribution in [0.15, 0.2) is 48.5 Å². The first-order chi connectivity index (χ1) is 12.5. The lowest BCUT2D eigenvalue weighted by atomic mass is 9.91. The summed E-state index contributed by atoms with van der Waals surface area (Å²) < 4.78 is 0. The fourth-order valence-corrected chi connectivity index (χ4v) is 3.87. The van der Waals surface area contributed by atoms with Crippen molar-refractivity contribution in [2.75, 3.05) is 11.4 Å². The summed E-state index contributed by atoms with van der Waals surface area (Å²) in [5.74, 6) is -0.640. The van der Waals surface area contributed by atoms with Crippen LogP contribution in [0.2, 0.25) is 0 Å². The topological polar surface area (TPSA) is 57.7 Å². The van der Waals surface area contributed by atoms with Gasteiger partial charge >= 0.3 is 0 Å². The predicted octanol–water partition coefficient (Wildman–Crippen LogP) is 3.21. The number of carbonyl (C=O) groups is 3. The fourth-order valence-electron chi connectivity index (χ4n) is 3.87. The van der Waals surface area contributed by atoms with Gasteiger partial charge in [-0.2, -0.15) is 0 Å². The van der Waals surface area contributed by atoms with Crippen molar-refractivity contribution in [3.63, 3.8) is 0 Å². The van der Waals surface area contributed by atoms with Crippen LogP contribution in [-0.4, -0.2) is 35.2 Å². The third-order valence-corrected chi connectivity index (χ3v) is 5.38. The molecule has 0 saturated heterocycles. The highest BCUT2D eigenvalue weighted by molar-refractivity contribution is 6.23. The van der Waals surface area contributed by atoms with E-state index in [0.29, 0.717) is 23.6 Å². The summed E-state index contributed by atoms with van der Waals surface area (Å²) in [4.78, 5) is 41.3. The molecule has 0 spiro atoms. The first kappa shape index (κ1) is 16.5. The molecule has 2 unspecified atom stereocenters. The van der Waals surface area contributed by atoms with Gasteiger partial charge in [-0.3, -0.25) is 19.3 Å². The normalized spacial score (nSPS) is 20.0. The van der Waals surface area contributed by atoms with Gasteiger partial charge in [0.25, 0.3) is 11.8 Å². The molecule has 2 aliphatic heterocycles. The minimum Gasteiger partial charge on any atom is -0.310 e. The second-order valence-corrected chi connectivity index (χ2v) is 6.94. The number of para-hydroxylation sites is 1. The minimum absolute atomic E-state index is 0.223. The van der Waals surface area contributed by atoms with E-state index in [-0.39, 0.29) is 5.91 Å². The summed E-state index contributed by atoms with van der Waals surface area (Å²) in [6.07, 6.45) is 0.859. The lowest BCUT2D eigenvalue weighted by Gasteiger charge is -2.35. The van der Waals surface area contributed by atoms with Crippen LogP contribution in [-0.2, 0) is 4.79 Å². The summed E-state index contributed by atoms with van der Waals surface area (Å²) in [5.41, 5.74) is 2.73. The lowest BCUT2D eigenvalue weighted by molar-refractivity contribution is -0.122. The highest BCUT2D eigenvalue weighted by Crippen LogP contribution is 2.35. The van der Waals surface area contributed by atoms with Gasteiger partial charge in [-0.25, -0.2) is 0 Å². The van der Waals surface area contributed by atoms with Gasteiger partial charge in [0.15, 0.2) is 0 Å².